The SMILES string of the molecule is Cc1cc(F)cc(C)c1S(=O)(=O)N1CCC(C)C(N)C1. The molecule has 0 spiro atoms. The second-order valence-electron chi connectivity index (χ2n) is 5.66. The maximum absolute atomic E-state index is 13.3. The van der Waals surface area contributed by atoms with Gasteiger partial charge in [0.2, 0.25) is 10.0 Å². The fraction of sp³-hybridized carbons (Fsp3) is 0.571. The van der Waals surface area contributed by atoms with Crippen LogP contribution in [0.5, 0.6) is 0 Å². The second kappa shape index (κ2) is 5.42. The molecule has 2 rings (SSSR count). The molecule has 0 saturated carbocycles. The Labute approximate surface area is 119 Å². The minimum atomic E-state index is -3.61. The number of hydrogen-bond donors (Lipinski definition) is 1. The monoisotopic (exact) mass is 300 g/mol. The van der Waals surface area contributed by atoms with Crippen LogP contribution in [0.15, 0.2) is 17.0 Å². The van der Waals surface area contributed by atoms with Gasteiger partial charge in [-0.05, 0) is 49.4 Å². The van der Waals surface area contributed by atoms with Gasteiger partial charge >= 0.3 is 0 Å². The number of benzene rings is 1. The van der Waals surface area contributed by atoms with Crippen LogP contribution in [0.3, 0.4) is 0 Å². The predicted octanol–water partition coefficient (Wildman–Crippen LogP) is 1.80. The molecule has 1 aliphatic heterocycles. The summed E-state index contributed by atoms with van der Waals surface area (Å²) in [4.78, 5) is 0.209. The first-order chi connectivity index (χ1) is 9.23. The molecular weight excluding hydrogens is 279 g/mol. The second-order valence-corrected chi connectivity index (χ2v) is 7.54. The lowest BCUT2D eigenvalue weighted by Gasteiger charge is -2.34. The number of nitrogens with zero attached hydrogens (tertiary/aromatic N) is 1. The maximum atomic E-state index is 13.3. The van der Waals surface area contributed by atoms with E-state index in [-0.39, 0.29) is 10.9 Å². The summed E-state index contributed by atoms with van der Waals surface area (Å²) in [6.07, 6.45) is 0.750. The summed E-state index contributed by atoms with van der Waals surface area (Å²) in [5.74, 6) is -0.0974. The third kappa shape index (κ3) is 2.73. The molecular formula is C14H21FN2O2S. The van der Waals surface area contributed by atoms with Crippen LogP contribution < -0.4 is 5.73 Å². The highest BCUT2D eigenvalue weighted by molar-refractivity contribution is 7.89. The van der Waals surface area contributed by atoms with Gasteiger partial charge in [-0.25, -0.2) is 12.8 Å². The molecule has 0 aromatic heterocycles. The van der Waals surface area contributed by atoms with E-state index < -0.39 is 15.8 Å². The molecule has 1 aromatic carbocycles. The fourth-order valence-corrected chi connectivity index (χ4v) is 4.62. The third-order valence-corrected chi connectivity index (χ3v) is 6.17. The standard InChI is InChI=1S/C14H21FN2O2S/c1-9-4-5-17(8-13(9)16)20(18,19)14-10(2)6-12(15)7-11(14)3/h6-7,9,13H,4-5,8,16H2,1-3H3. The highest BCUT2D eigenvalue weighted by Crippen LogP contribution is 2.28. The van der Waals surface area contributed by atoms with Gasteiger partial charge in [-0.1, -0.05) is 6.92 Å². The molecule has 2 atom stereocenters. The van der Waals surface area contributed by atoms with Crippen LogP contribution in [0, 0.1) is 25.6 Å². The maximum Gasteiger partial charge on any atom is 0.243 e. The molecule has 0 radical (unpaired) electrons. The minimum Gasteiger partial charge on any atom is -0.326 e. The fourth-order valence-electron chi connectivity index (χ4n) is 2.72. The Morgan fingerprint density at radius 1 is 1.30 bits per heavy atom. The van der Waals surface area contributed by atoms with E-state index in [4.69, 9.17) is 5.73 Å². The molecule has 6 heteroatoms. The molecule has 1 heterocycles. The van der Waals surface area contributed by atoms with Crippen molar-refractivity contribution >= 4 is 10.0 Å². The Bertz CT molecular complexity index is 593. The van der Waals surface area contributed by atoms with E-state index in [2.05, 4.69) is 0 Å². The summed E-state index contributed by atoms with van der Waals surface area (Å²) in [6, 6.07) is 2.36. The van der Waals surface area contributed by atoms with Crippen LogP contribution in [0.4, 0.5) is 4.39 Å². The van der Waals surface area contributed by atoms with Crippen molar-refractivity contribution in [1.29, 1.82) is 0 Å². The molecule has 4 nitrogen and oxygen atoms in total. The molecule has 0 aliphatic carbocycles. The summed E-state index contributed by atoms with van der Waals surface area (Å²) >= 11 is 0. The van der Waals surface area contributed by atoms with Crippen molar-refractivity contribution in [3.63, 3.8) is 0 Å². The number of halogens is 1. The topological polar surface area (TPSA) is 63.4 Å². The van der Waals surface area contributed by atoms with Gasteiger partial charge < -0.3 is 5.73 Å². The van der Waals surface area contributed by atoms with Crippen molar-refractivity contribution < 1.29 is 12.8 Å². The summed E-state index contributed by atoms with van der Waals surface area (Å²) < 4.78 is 40.2. The van der Waals surface area contributed by atoms with Crippen LogP contribution >= 0.6 is 0 Å². The largest absolute Gasteiger partial charge is 0.326 e. The van der Waals surface area contributed by atoms with Crippen molar-refractivity contribution in [2.24, 2.45) is 11.7 Å². The predicted molar refractivity (Wildman–Crippen MR) is 76.4 cm³/mol. The van der Waals surface area contributed by atoms with E-state index in [0.29, 0.717) is 30.1 Å². The Morgan fingerprint density at radius 2 is 1.85 bits per heavy atom. The zero-order chi connectivity index (χ0) is 15.1. The molecule has 1 fully saturated rings. The van der Waals surface area contributed by atoms with Gasteiger partial charge in [-0.2, -0.15) is 4.31 Å². The van der Waals surface area contributed by atoms with Crippen LogP contribution in [-0.2, 0) is 10.0 Å². The Kier molecular flexibility index (Phi) is 4.18. The van der Waals surface area contributed by atoms with E-state index in [0.717, 1.165) is 6.42 Å². The Balaban J connectivity index is 2.41. The van der Waals surface area contributed by atoms with E-state index in [1.807, 2.05) is 6.92 Å². The first-order valence-electron chi connectivity index (χ1n) is 6.76. The van der Waals surface area contributed by atoms with Crippen molar-refractivity contribution in [3.8, 4) is 0 Å². The number of sulfonamides is 1. The molecule has 1 aliphatic rings. The van der Waals surface area contributed by atoms with Gasteiger partial charge in [-0.3, -0.25) is 0 Å². The Hall–Kier alpha value is -0.980. The molecule has 112 valence electrons. The number of piperidine rings is 1. The molecule has 1 aromatic rings. The van der Waals surface area contributed by atoms with Crippen molar-refractivity contribution in [2.45, 2.75) is 38.1 Å². The van der Waals surface area contributed by atoms with Crippen LogP contribution in [0.25, 0.3) is 0 Å². The Morgan fingerprint density at radius 3 is 2.35 bits per heavy atom. The summed E-state index contributed by atoms with van der Waals surface area (Å²) in [5.41, 5.74) is 6.86. The molecule has 2 unspecified atom stereocenters. The van der Waals surface area contributed by atoms with Gasteiger partial charge in [0.1, 0.15) is 5.82 Å². The van der Waals surface area contributed by atoms with E-state index in [1.54, 1.807) is 13.8 Å². The van der Waals surface area contributed by atoms with Gasteiger partial charge in [0, 0.05) is 19.1 Å². The highest BCUT2D eigenvalue weighted by Gasteiger charge is 2.33. The van der Waals surface area contributed by atoms with Crippen LogP contribution in [0.1, 0.15) is 24.5 Å². The van der Waals surface area contributed by atoms with E-state index in [1.165, 1.54) is 16.4 Å². The van der Waals surface area contributed by atoms with Crippen molar-refractivity contribution in [1.82, 2.24) is 4.31 Å². The highest BCUT2D eigenvalue weighted by atomic mass is 32.2. The zero-order valence-corrected chi connectivity index (χ0v) is 12.9. The van der Waals surface area contributed by atoms with Gasteiger partial charge in [0.25, 0.3) is 0 Å². The third-order valence-electron chi connectivity index (χ3n) is 4.00. The smallest absolute Gasteiger partial charge is 0.243 e. The number of aryl methyl sites for hydroxylation is 2. The quantitative estimate of drug-likeness (QED) is 0.906. The lowest BCUT2D eigenvalue weighted by atomic mass is 9.96. The van der Waals surface area contributed by atoms with Gasteiger partial charge in [0.15, 0.2) is 0 Å². The number of nitrogens with two attached hydrogens (primary N) is 1. The summed E-state index contributed by atoms with van der Waals surface area (Å²) in [7, 11) is -3.61. The first kappa shape index (κ1) is 15.4. The zero-order valence-electron chi connectivity index (χ0n) is 12.1. The molecule has 20 heavy (non-hydrogen) atoms. The molecule has 1 saturated heterocycles. The lowest BCUT2D eigenvalue weighted by Crippen LogP contribution is -2.49. The minimum absolute atomic E-state index is 0.153. The molecule has 0 bridgehead atoms. The normalized spacial score (nSPS) is 24.9. The van der Waals surface area contributed by atoms with E-state index in [9.17, 15) is 12.8 Å². The van der Waals surface area contributed by atoms with Crippen LogP contribution in [0.2, 0.25) is 0 Å². The van der Waals surface area contributed by atoms with Gasteiger partial charge in [-0.15, -0.1) is 0 Å². The number of hydrogen-bond acceptors (Lipinski definition) is 3. The van der Waals surface area contributed by atoms with Crippen LogP contribution in [-0.4, -0.2) is 31.9 Å². The van der Waals surface area contributed by atoms with Crippen molar-refractivity contribution in [3.05, 3.63) is 29.1 Å². The lowest BCUT2D eigenvalue weighted by molar-refractivity contribution is 0.253. The average molecular weight is 300 g/mol. The summed E-state index contributed by atoms with van der Waals surface area (Å²) in [6.45, 7) is 6.06. The molecule has 2 N–H and O–H groups in total. The summed E-state index contributed by atoms with van der Waals surface area (Å²) in [5, 5.41) is 0. The van der Waals surface area contributed by atoms with Crippen molar-refractivity contribution in [2.75, 3.05) is 13.1 Å². The first-order valence-corrected chi connectivity index (χ1v) is 8.20. The van der Waals surface area contributed by atoms with E-state index >= 15 is 0 Å². The van der Waals surface area contributed by atoms with Gasteiger partial charge in [0.05, 0.1) is 4.90 Å². The number of rotatable bonds is 2. The average Bonchev–Trinajstić information content (AvgIpc) is 2.30. The molecule has 0 amide bonds.